The highest BCUT2D eigenvalue weighted by atomic mass is 16.3. The molecule has 34 heavy (non-hydrogen) atoms. The lowest BCUT2D eigenvalue weighted by Gasteiger charge is -2.23. The van der Waals surface area contributed by atoms with E-state index in [4.69, 9.17) is 0 Å². The smallest absolute Gasteiger partial charge is 0.0543 e. The molecule has 0 aromatic heterocycles. The van der Waals surface area contributed by atoms with Gasteiger partial charge in [-0.2, -0.15) is 0 Å². The second-order valence-corrected chi connectivity index (χ2v) is 10.3. The second kappa shape index (κ2) is 17.7. The number of hydrogen-bond donors (Lipinski definition) is 2. The normalized spacial score (nSPS) is 16.5. The van der Waals surface area contributed by atoms with E-state index in [-0.39, 0.29) is 12.2 Å². The first-order valence-electron chi connectivity index (χ1n) is 13.8. The first-order chi connectivity index (χ1) is 16.3. The van der Waals surface area contributed by atoms with Gasteiger partial charge in [0.15, 0.2) is 0 Å². The third-order valence-corrected chi connectivity index (χ3v) is 7.37. The van der Waals surface area contributed by atoms with Crippen LogP contribution in [0, 0.1) is 11.8 Å². The fraction of sp³-hybridized carbons (Fsp3) is 0.625. The highest BCUT2D eigenvalue weighted by molar-refractivity contribution is 5.20. The van der Waals surface area contributed by atoms with Gasteiger partial charge in [0.2, 0.25) is 0 Å². The van der Waals surface area contributed by atoms with Crippen molar-refractivity contribution in [3.63, 3.8) is 0 Å². The Morgan fingerprint density at radius 2 is 0.824 bits per heavy atom. The van der Waals surface area contributed by atoms with Crippen LogP contribution in [0.4, 0.5) is 0 Å². The number of benzene rings is 2. The van der Waals surface area contributed by atoms with E-state index in [1.54, 1.807) is 0 Å². The van der Waals surface area contributed by atoms with Gasteiger partial charge in [-0.3, -0.25) is 0 Å². The molecule has 0 saturated carbocycles. The van der Waals surface area contributed by atoms with E-state index in [1.807, 2.05) is 0 Å². The minimum Gasteiger partial charge on any atom is -0.393 e. The number of hydrogen-bond acceptors (Lipinski definition) is 2. The highest BCUT2D eigenvalue weighted by Crippen LogP contribution is 2.31. The molecule has 0 saturated heterocycles. The number of rotatable bonds is 14. The van der Waals surface area contributed by atoms with Crippen molar-refractivity contribution in [3.05, 3.63) is 71.8 Å². The van der Waals surface area contributed by atoms with Crippen LogP contribution in [-0.2, 0) is 0 Å². The van der Waals surface area contributed by atoms with E-state index in [0.29, 0.717) is 11.8 Å². The van der Waals surface area contributed by atoms with Crippen molar-refractivity contribution < 1.29 is 10.2 Å². The van der Waals surface area contributed by atoms with Crippen molar-refractivity contribution in [2.75, 3.05) is 0 Å². The summed E-state index contributed by atoms with van der Waals surface area (Å²) in [5.74, 6) is 2.45. The van der Waals surface area contributed by atoms with Gasteiger partial charge in [-0.15, -0.1) is 0 Å². The Morgan fingerprint density at radius 1 is 0.500 bits per heavy atom. The van der Waals surface area contributed by atoms with Crippen molar-refractivity contribution in [1.29, 1.82) is 0 Å². The monoisotopic (exact) mass is 468 g/mol. The van der Waals surface area contributed by atoms with E-state index in [0.717, 1.165) is 37.5 Å². The van der Waals surface area contributed by atoms with Crippen LogP contribution in [0.3, 0.4) is 0 Å². The minimum absolute atomic E-state index is 0.163. The van der Waals surface area contributed by atoms with Crippen LogP contribution in [0.5, 0.6) is 0 Å². The molecule has 0 aliphatic carbocycles. The van der Waals surface area contributed by atoms with Crippen LogP contribution >= 0.6 is 0 Å². The molecule has 2 heteroatoms. The van der Waals surface area contributed by atoms with Crippen LogP contribution < -0.4 is 0 Å². The van der Waals surface area contributed by atoms with Crippen molar-refractivity contribution in [2.45, 2.75) is 117 Å². The lowest BCUT2D eigenvalue weighted by atomic mass is 9.84. The summed E-state index contributed by atoms with van der Waals surface area (Å²) in [6.07, 6.45) is 7.95. The van der Waals surface area contributed by atoms with Gasteiger partial charge in [0.25, 0.3) is 0 Å². The quantitative estimate of drug-likeness (QED) is 0.291. The molecule has 0 bridgehead atoms. The van der Waals surface area contributed by atoms with E-state index >= 15 is 0 Å². The Balaban J connectivity index is 0.000000340. The van der Waals surface area contributed by atoms with Gasteiger partial charge in [0.1, 0.15) is 0 Å². The zero-order valence-corrected chi connectivity index (χ0v) is 22.8. The Hall–Kier alpha value is -1.64. The number of aliphatic hydroxyl groups excluding tert-OH is 2. The summed E-state index contributed by atoms with van der Waals surface area (Å²) in [6.45, 7) is 13.2. The molecule has 6 atom stereocenters. The molecule has 0 amide bonds. The van der Waals surface area contributed by atoms with Gasteiger partial charge in [-0.25, -0.2) is 0 Å². The fourth-order valence-corrected chi connectivity index (χ4v) is 4.48. The van der Waals surface area contributed by atoms with Gasteiger partial charge in [-0.05, 0) is 73.3 Å². The minimum atomic E-state index is -0.163. The van der Waals surface area contributed by atoms with E-state index < -0.39 is 0 Å². The van der Waals surface area contributed by atoms with E-state index in [9.17, 15) is 10.2 Å². The summed E-state index contributed by atoms with van der Waals surface area (Å²) in [6, 6.07) is 21.2. The average Bonchev–Trinajstić information content (AvgIpc) is 2.88. The third kappa shape index (κ3) is 12.2. The third-order valence-electron chi connectivity index (χ3n) is 7.37. The molecule has 0 radical (unpaired) electrons. The molecule has 0 heterocycles. The van der Waals surface area contributed by atoms with Crippen molar-refractivity contribution in [3.8, 4) is 0 Å². The molecular weight excluding hydrogens is 416 g/mol. The van der Waals surface area contributed by atoms with E-state index in [1.165, 1.54) is 36.8 Å². The Bertz CT molecular complexity index is 627. The molecule has 0 fully saturated rings. The molecule has 6 unspecified atom stereocenters. The maximum Gasteiger partial charge on any atom is 0.0543 e. The average molecular weight is 469 g/mol. The summed E-state index contributed by atoms with van der Waals surface area (Å²) >= 11 is 0. The topological polar surface area (TPSA) is 40.5 Å². The maximum absolute atomic E-state index is 9.88. The molecule has 0 aliphatic heterocycles. The first-order valence-corrected chi connectivity index (χ1v) is 13.8. The zero-order chi connectivity index (χ0) is 25.3. The predicted molar refractivity (Wildman–Crippen MR) is 148 cm³/mol. The summed E-state index contributed by atoms with van der Waals surface area (Å²) in [5.41, 5.74) is 2.75. The Labute approximate surface area is 210 Å². The van der Waals surface area contributed by atoms with Crippen LogP contribution in [0.15, 0.2) is 60.7 Å². The van der Waals surface area contributed by atoms with Gasteiger partial charge >= 0.3 is 0 Å². The summed E-state index contributed by atoms with van der Waals surface area (Å²) in [4.78, 5) is 0. The molecular formula is C32H52O2. The molecule has 192 valence electrons. The lowest BCUT2D eigenvalue weighted by molar-refractivity contribution is 0.146. The largest absolute Gasteiger partial charge is 0.393 e. The first kappa shape index (κ1) is 30.4. The van der Waals surface area contributed by atoms with Gasteiger partial charge in [0.05, 0.1) is 12.2 Å². The van der Waals surface area contributed by atoms with Crippen LogP contribution in [0.25, 0.3) is 0 Å². The van der Waals surface area contributed by atoms with Crippen LogP contribution in [-0.4, -0.2) is 22.4 Å². The fourth-order valence-electron chi connectivity index (χ4n) is 4.48. The summed E-state index contributed by atoms with van der Waals surface area (Å²) in [5, 5.41) is 19.8. The molecule has 2 aromatic carbocycles. The van der Waals surface area contributed by atoms with Gasteiger partial charge in [0, 0.05) is 0 Å². The molecule has 0 spiro atoms. The molecule has 2 rings (SSSR count). The molecule has 2 nitrogen and oxygen atoms in total. The highest BCUT2D eigenvalue weighted by Gasteiger charge is 2.18. The van der Waals surface area contributed by atoms with E-state index in [2.05, 4.69) is 102 Å². The standard InChI is InChI=1S/2C16H26O/c2*1-4-13(3)11-15(12-16(17)5-2)14-9-7-6-8-10-14/h2*6-10,13,15-17H,4-5,11-12H2,1-3H3. The van der Waals surface area contributed by atoms with Crippen molar-refractivity contribution >= 4 is 0 Å². The van der Waals surface area contributed by atoms with Crippen molar-refractivity contribution in [2.24, 2.45) is 11.8 Å². The zero-order valence-electron chi connectivity index (χ0n) is 22.8. The lowest BCUT2D eigenvalue weighted by Crippen LogP contribution is -2.13. The molecule has 2 N–H and O–H groups in total. The molecule has 0 aliphatic rings. The number of aliphatic hydroxyl groups is 2. The summed E-state index contributed by atoms with van der Waals surface area (Å²) in [7, 11) is 0. The molecule has 2 aromatic rings. The van der Waals surface area contributed by atoms with Crippen LogP contribution in [0.1, 0.15) is 116 Å². The predicted octanol–water partition coefficient (Wildman–Crippen LogP) is 8.73. The second-order valence-electron chi connectivity index (χ2n) is 10.3. The van der Waals surface area contributed by atoms with Crippen LogP contribution in [0.2, 0.25) is 0 Å². The Kier molecular flexibility index (Phi) is 15.9. The summed E-state index contributed by atoms with van der Waals surface area (Å²) < 4.78 is 0. The van der Waals surface area contributed by atoms with Crippen molar-refractivity contribution in [1.82, 2.24) is 0 Å². The SMILES string of the molecule is CCC(C)CC(CC(O)CC)c1ccccc1.CCC(C)CC(CC(O)CC)c1ccccc1. The van der Waals surface area contributed by atoms with Gasteiger partial charge in [-0.1, -0.05) is 115 Å². The Morgan fingerprint density at radius 3 is 1.09 bits per heavy atom. The van der Waals surface area contributed by atoms with Gasteiger partial charge < -0.3 is 10.2 Å². The maximum atomic E-state index is 9.88.